The number of aliphatic hydroxyl groups excluding tert-OH is 1. The van der Waals surface area contributed by atoms with Gasteiger partial charge in [-0.1, -0.05) is 13.8 Å². The highest BCUT2D eigenvalue weighted by Crippen LogP contribution is 2.10. The van der Waals surface area contributed by atoms with Crippen LogP contribution in [0.3, 0.4) is 0 Å². The molecule has 4 nitrogen and oxygen atoms in total. The molecule has 1 atom stereocenters. The van der Waals surface area contributed by atoms with E-state index in [1.54, 1.807) is 0 Å². The highest BCUT2D eigenvalue weighted by atomic mass is 16.6. The van der Waals surface area contributed by atoms with Gasteiger partial charge in [0.1, 0.15) is 5.60 Å². The van der Waals surface area contributed by atoms with Gasteiger partial charge in [-0.05, 0) is 39.5 Å². The summed E-state index contributed by atoms with van der Waals surface area (Å²) >= 11 is 0. The van der Waals surface area contributed by atoms with Gasteiger partial charge in [0, 0.05) is 12.6 Å². The minimum Gasteiger partial charge on any atom is -0.444 e. The highest BCUT2D eigenvalue weighted by Gasteiger charge is 2.19. The number of ether oxygens (including phenoxy) is 1. The van der Waals surface area contributed by atoms with Crippen molar-refractivity contribution in [1.29, 1.82) is 0 Å². The number of aliphatic hydroxyl groups is 1. The van der Waals surface area contributed by atoms with Crippen molar-refractivity contribution < 1.29 is 14.6 Å². The van der Waals surface area contributed by atoms with E-state index < -0.39 is 11.7 Å². The average Bonchev–Trinajstić information content (AvgIpc) is 1.98. The third kappa shape index (κ3) is 8.53. The lowest BCUT2D eigenvalue weighted by Gasteiger charge is -2.24. The standard InChI is InChI=1S/C12H25NO3/c1-9(2)8-10(6-7-14)13-11(15)16-12(3,4)5/h9-10,14H,6-8H2,1-5H3,(H,13,15)/t10-/m1/s1. The smallest absolute Gasteiger partial charge is 0.407 e. The Morgan fingerprint density at radius 1 is 1.38 bits per heavy atom. The summed E-state index contributed by atoms with van der Waals surface area (Å²) in [6, 6.07) is -0.0140. The number of amides is 1. The molecule has 4 heteroatoms. The van der Waals surface area contributed by atoms with Gasteiger partial charge in [-0.3, -0.25) is 0 Å². The maximum atomic E-state index is 11.5. The van der Waals surface area contributed by atoms with Crippen molar-refractivity contribution in [2.24, 2.45) is 5.92 Å². The van der Waals surface area contributed by atoms with Crippen molar-refractivity contribution >= 4 is 6.09 Å². The number of hydrogen-bond acceptors (Lipinski definition) is 3. The fourth-order valence-electron chi connectivity index (χ4n) is 1.45. The third-order valence-electron chi connectivity index (χ3n) is 1.95. The van der Waals surface area contributed by atoms with Crippen molar-refractivity contribution in [1.82, 2.24) is 5.32 Å². The van der Waals surface area contributed by atoms with Crippen molar-refractivity contribution in [3.63, 3.8) is 0 Å². The number of carbonyl (C=O) groups excluding carboxylic acids is 1. The van der Waals surface area contributed by atoms with Crippen LogP contribution < -0.4 is 5.32 Å². The maximum absolute atomic E-state index is 11.5. The fourth-order valence-corrected chi connectivity index (χ4v) is 1.45. The van der Waals surface area contributed by atoms with E-state index in [0.29, 0.717) is 12.3 Å². The summed E-state index contributed by atoms with van der Waals surface area (Å²) < 4.78 is 5.16. The van der Waals surface area contributed by atoms with Crippen molar-refractivity contribution in [2.75, 3.05) is 6.61 Å². The first-order chi connectivity index (χ1) is 7.24. The van der Waals surface area contributed by atoms with Gasteiger partial charge in [-0.25, -0.2) is 4.79 Å². The molecule has 0 saturated carbocycles. The molecular formula is C12H25NO3. The molecule has 2 N–H and O–H groups in total. The Morgan fingerprint density at radius 2 is 1.94 bits per heavy atom. The molecule has 16 heavy (non-hydrogen) atoms. The number of carbonyl (C=O) groups is 1. The summed E-state index contributed by atoms with van der Waals surface area (Å²) in [4.78, 5) is 11.5. The summed E-state index contributed by atoms with van der Waals surface area (Å²) in [5.74, 6) is 0.478. The summed E-state index contributed by atoms with van der Waals surface area (Å²) in [6.07, 6.45) is 1.00. The van der Waals surface area contributed by atoms with Gasteiger partial charge in [0.25, 0.3) is 0 Å². The molecule has 96 valence electrons. The van der Waals surface area contributed by atoms with Crippen molar-refractivity contribution in [3.05, 3.63) is 0 Å². The molecule has 0 aromatic heterocycles. The second kappa shape index (κ2) is 6.74. The fraction of sp³-hybridized carbons (Fsp3) is 0.917. The largest absolute Gasteiger partial charge is 0.444 e. The SMILES string of the molecule is CC(C)C[C@@H](CCO)NC(=O)OC(C)(C)C. The molecule has 0 spiro atoms. The molecule has 0 aromatic rings. The molecule has 1 amide bonds. The zero-order valence-electron chi connectivity index (χ0n) is 11.0. The van der Waals surface area contributed by atoms with Crippen molar-refractivity contribution in [2.45, 2.75) is 59.1 Å². The van der Waals surface area contributed by atoms with E-state index in [2.05, 4.69) is 19.2 Å². The molecule has 0 aliphatic carbocycles. The van der Waals surface area contributed by atoms with Gasteiger partial charge in [0.05, 0.1) is 0 Å². The van der Waals surface area contributed by atoms with Crippen LogP contribution in [0.2, 0.25) is 0 Å². The maximum Gasteiger partial charge on any atom is 0.407 e. The summed E-state index contributed by atoms with van der Waals surface area (Å²) in [7, 11) is 0. The Balaban J connectivity index is 4.12. The topological polar surface area (TPSA) is 58.6 Å². The van der Waals surface area contributed by atoms with E-state index >= 15 is 0 Å². The van der Waals surface area contributed by atoms with E-state index in [-0.39, 0.29) is 12.6 Å². The Hall–Kier alpha value is -0.770. The van der Waals surface area contributed by atoms with Crippen LogP contribution in [0.25, 0.3) is 0 Å². The molecule has 0 aliphatic heterocycles. The molecule has 0 fully saturated rings. The first kappa shape index (κ1) is 15.2. The monoisotopic (exact) mass is 231 g/mol. The van der Waals surface area contributed by atoms with Crippen LogP contribution in [0.1, 0.15) is 47.5 Å². The molecule has 0 radical (unpaired) electrons. The molecule has 0 bridgehead atoms. The second-order valence-electron chi connectivity index (χ2n) is 5.48. The minimum absolute atomic E-state index is 0.0140. The van der Waals surface area contributed by atoms with Crippen LogP contribution >= 0.6 is 0 Å². The van der Waals surface area contributed by atoms with Crippen molar-refractivity contribution in [3.8, 4) is 0 Å². The summed E-state index contributed by atoms with van der Waals surface area (Å²) in [5.41, 5.74) is -0.480. The molecule has 0 rings (SSSR count). The van der Waals surface area contributed by atoms with Gasteiger partial charge in [0.15, 0.2) is 0 Å². The summed E-state index contributed by atoms with van der Waals surface area (Å²) in [6.45, 7) is 9.73. The third-order valence-corrected chi connectivity index (χ3v) is 1.95. The average molecular weight is 231 g/mol. The number of rotatable bonds is 5. The second-order valence-corrected chi connectivity index (χ2v) is 5.48. The summed E-state index contributed by atoms with van der Waals surface area (Å²) in [5, 5.41) is 11.7. The molecule has 0 unspecified atom stereocenters. The first-order valence-corrected chi connectivity index (χ1v) is 5.85. The van der Waals surface area contributed by atoms with Crippen LogP contribution in [0.4, 0.5) is 4.79 Å². The minimum atomic E-state index is -0.480. The predicted octanol–water partition coefficient (Wildman–Crippen LogP) is 2.31. The van der Waals surface area contributed by atoms with E-state index in [1.807, 2.05) is 20.8 Å². The number of nitrogens with one attached hydrogen (secondary N) is 1. The molecule has 0 saturated heterocycles. The normalized spacial score (nSPS) is 13.7. The molecule has 0 heterocycles. The van der Waals surface area contributed by atoms with E-state index in [1.165, 1.54) is 0 Å². The quantitative estimate of drug-likeness (QED) is 0.763. The highest BCUT2D eigenvalue weighted by molar-refractivity contribution is 5.68. The molecule has 0 aromatic carbocycles. The Bertz CT molecular complexity index is 209. The van der Waals surface area contributed by atoms with Crippen LogP contribution in [-0.2, 0) is 4.74 Å². The number of hydrogen-bond donors (Lipinski definition) is 2. The molecule has 0 aliphatic rings. The van der Waals surface area contributed by atoms with Crippen LogP contribution in [0, 0.1) is 5.92 Å². The lowest BCUT2D eigenvalue weighted by atomic mass is 10.0. The lowest BCUT2D eigenvalue weighted by molar-refractivity contribution is 0.0491. The zero-order chi connectivity index (χ0) is 12.8. The van der Waals surface area contributed by atoms with E-state index in [9.17, 15) is 4.79 Å². The zero-order valence-corrected chi connectivity index (χ0v) is 11.0. The van der Waals surface area contributed by atoms with Crippen LogP contribution in [0.5, 0.6) is 0 Å². The van der Waals surface area contributed by atoms with Gasteiger partial charge in [-0.15, -0.1) is 0 Å². The van der Waals surface area contributed by atoms with E-state index in [4.69, 9.17) is 9.84 Å². The van der Waals surface area contributed by atoms with E-state index in [0.717, 1.165) is 6.42 Å². The Labute approximate surface area is 98.4 Å². The lowest BCUT2D eigenvalue weighted by Crippen LogP contribution is -2.40. The predicted molar refractivity (Wildman–Crippen MR) is 64.3 cm³/mol. The van der Waals surface area contributed by atoms with Crippen LogP contribution in [0.15, 0.2) is 0 Å². The van der Waals surface area contributed by atoms with Gasteiger partial charge < -0.3 is 15.2 Å². The first-order valence-electron chi connectivity index (χ1n) is 5.85. The van der Waals surface area contributed by atoms with Gasteiger partial charge in [-0.2, -0.15) is 0 Å². The Morgan fingerprint density at radius 3 is 2.31 bits per heavy atom. The van der Waals surface area contributed by atoms with Crippen LogP contribution in [-0.4, -0.2) is 29.4 Å². The molecular weight excluding hydrogens is 206 g/mol. The number of alkyl carbamates (subject to hydrolysis) is 1. The van der Waals surface area contributed by atoms with Gasteiger partial charge in [0.2, 0.25) is 0 Å². The van der Waals surface area contributed by atoms with Gasteiger partial charge >= 0.3 is 6.09 Å². The Kier molecular flexibility index (Phi) is 6.41.